The molecule has 6 heteroatoms. The first-order chi connectivity index (χ1) is 5.81. The molecule has 0 aliphatic rings. The Balaban J connectivity index is 3.33. The third kappa shape index (κ3) is 8.61. The van der Waals surface area contributed by atoms with Gasteiger partial charge in [-0.05, 0) is 9.97 Å². The van der Waals surface area contributed by atoms with Crippen molar-refractivity contribution in [2.45, 2.75) is 0 Å². The lowest BCUT2D eigenvalue weighted by Crippen LogP contribution is -2.01. The maximum atomic E-state index is 10.8. The second-order valence-corrected chi connectivity index (χ2v) is 3.43. The summed E-state index contributed by atoms with van der Waals surface area (Å²) in [6.07, 6.45) is 3.34. The lowest BCUT2D eigenvalue weighted by atomic mass is 10.7. The van der Waals surface area contributed by atoms with Crippen LogP contribution in [0.5, 0.6) is 0 Å². The van der Waals surface area contributed by atoms with Crippen molar-refractivity contribution in [3.05, 3.63) is 22.1 Å². The second-order valence-electron chi connectivity index (χ2n) is 1.50. The van der Waals surface area contributed by atoms with E-state index in [1.807, 2.05) is 0 Å². The fourth-order valence-electron chi connectivity index (χ4n) is 0.296. The van der Waals surface area contributed by atoms with Crippen molar-refractivity contribution in [1.29, 1.82) is 0 Å². The van der Waals surface area contributed by atoms with Gasteiger partial charge in [-0.2, -0.15) is 4.21 Å². The molecule has 0 atom stereocenters. The maximum Gasteiger partial charge on any atom is 0.305 e. The van der Waals surface area contributed by atoms with Gasteiger partial charge in [-0.25, -0.2) is 0 Å². The molecule has 0 aromatic carbocycles. The minimum Gasteiger partial charge on any atom is -0.264 e. The Morgan fingerprint density at radius 1 is 1.08 bits per heavy atom. The average Bonchev–Trinajstić information content (AvgIpc) is 2.06. The molecule has 0 heterocycles. The molecule has 70 valence electrons. The number of halogens is 2. The Morgan fingerprint density at radius 3 is 1.83 bits per heavy atom. The monoisotopic (exact) mass is 318 g/mol. The Morgan fingerprint density at radius 2 is 1.50 bits per heavy atom. The van der Waals surface area contributed by atoms with Crippen LogP contribution >= 0.6 is 31.9 Å². The summed E-state index contributed by atoms with van der Waals surface area (Å²) in [6.45, 7) is 0.520. The molecule has 0 saturated carbocycles. The zero-order valence-electron chi connectivity index (χ0n) is 6.11. The highest BCUT2D eigenvalue weighted by Gasteiger charge is 1.95. The standard InChI is InChI=1S/C6H8Br2O3S/c7-3-1-5-10-12(9)11-6-2-4-8/h1-4H,5-6H2. The maximum absolute atomic E-state index is 10.8. The first kappa shape index (κ1) is 12.5. The van der Waals surface area contributed by atoms with Crippen molar-refractivity contribution >= 4 is 43.2 Å². The minimum absolute atomic E-state index is 0.260. The van der Waals surface area contributed by atoms with E-state index in [0.717, 1.165) is 0 Å². The van der Waals surface area contributed by atoms with Gasteiger partial charge in [0, 0.05) is 0 Å². The van der Waals surface area contributed by atoms with E-state index in [1.54, 1.807) is 22.1 Å². The van der Waals surface area contributed by atoms with Crippen molar-refractivity contribution in [2.24, 2.45) is 0 Å². The molecule has 12 heavy (non-hydrogen) atoms. The Labute approximate surface area is 90.9 Å². The molecule has 0 aliphatic heterocycles. The molecule has 0 radical (unpaired) electrons. The molecule has 0 bridgehead atoms. The summed E-state index contributed by atoms with van der Waals surface area (Å²) in [5.41, 5.74) is 0. The van der Waals surface area contributed by atoms with Gasteiger partial charge in [0.05, 0.1) is 13.2 Å². The first-order valence-electron chi connectivity index (χ1n) is 3.00. The SMILES string of the molecule is O=S(OCC=CBr)OCC=CBr. The predicted octanol–water partition coefficient (Wildman–Crippen LogP) is 2.42. The van der Waals surface area contributed by atoms with E-state index in [4.69, 9.17) is 8.37 Å². The fraction of sp³-hybridized carbons (Fsp3) is 0.333. The molecular formula is C6H8Br2O3S. The quantitative estimate of drug-likeness (QED) is 0.754. The summed E-state index contributed by atoms with van der Waals surface area (Å²) in [4.78, 5) is 3.26. The van der Waals surface area contributed by atoms with E-state index < -0.39 is 11.4 Å². The van der Waals surface area contributed by atoms with Crippen LogP contribution in [0.15, 0.2) is 22.1 Å². The lowest BCUT2D eigenvalue weighted by Gasteiger charge is -1.97. The van der Waals surface area contributed by atoms with Gasteiger partial charge in [-0.1, -0.05) is 44.0 Å². The van der Waals surface area contributed by atoms with Crippen LogP contribution in [-0.4, -0.2) is 17.4 Å². The average molecular weight is 320 g/mol. The van der Waals surface area contributed by atoms with Crippen molar-refractivity contribution < 1.29 is 12.6 Å². The van der Waals surface area contributed by atoms with Crippen molar-refractivity contribution in [1.82, 2.24) is 0 Å². The highest BCUT2D eigenvalue weighted by Crippen LogP contribution is 1.92. The van der Waals surface area contributed by atoms with Crippen LogP contribution in [0.2, 0.25) is 0 Å². The number of hydrogen-bond acceptors (Lipinski definition) is 3. The van der Waals surface area contributed by atoms with E-state index in [9.17, 15) is 4.21 Å². The summed E-state index contributed by atoms with van der Waals surface area (Å²) in [6, 6.07) is 0. The van der Waals surface area contributed by atoms with E-state index in [1.165, 1.54) is 0 Å². The van der Waals surface area contributed by atoms with Crippen LogP contribution in [0, 0.1) is 0 Å². The zero-order valence-corrected chi connectivity index (χ0v) is 10.1. The van der Waals surface area contributed by atoms with Gasteiger partial charge in [0.25, 0.3) is 0 Å². The van der Waals surface area contributed by atoms with Crippen molar-refractivity contribution in [2.75, 3.05) is 13.2 Å². The molecule has 0 aromatic heterocycles. The third-order valence-electron chi connectivity index (χ3n) is 0.699. The summed E-state index contributed by atoms with van der Waals surface area (Å²) in [5, 5.41) is 0. The van der Waals surface area contributed by atoms with Gasteiger partial charge in [-0.3, -0.25) is 8.37 Å². The largest absolute Gasteiger partial charge is 0.305 e. The predicted molar refractivity (Wildman–Crippen MR) is 56.2 cm³/mol. The summed E-state index contributed by atoms with van der Waals surface area (Å²) in [7, 11) is 0. The smallest absolute Gasteiger partial charge is 0.264 e. The van der Waals surface area contributed by atoms with Gasteiger partial charge < -0.3 is 0 Å². The van der Waals surface area contributed by atoms with Gasteiger partial charge in [-0.15, -0.1) is 0 Å². The fourth-order valence-corrected chi connectivity index (χ4v) is 1.05. The summed E-state index contributed by atoms with van der Waals surface area (Å²) >= 11 is 4.42. The van der Waals surface area contributed by atoms with Gasteiger partial charge in [0.15, 0.2) is 0 Å². The highest BCUT2D eigenvalue weighted by atomic mass is 79.9. The number of rotatable bonds is 6. The molecule has 3 nitrogen and oxygen atoms in total. The van der Waals surface area contributed by atoms with Crippen LogP contribution in [0.4, 0.5) is 0 Å². The minimum atomic E-state index is -1.67. The molecule has 0 amide bonds. The summed E-state index contributed by atoms with van der Waals surface area (Å²) < 4.78 is 20.2. The zero-order chi connectivity index (χ0) is 9.23. The Bertz CT molecular complexity index is 164. The molecule has 0 saturated heterocycles. The third-order valence-corrected chi connectivity index (χ3v) is 2.10. The van der Waals surface area contributed by atoms with Crippen molar-refractivity contribution in [3.8, 4) is 0 Å². The van der Waals surface area contributed by atoms with E-state index in [0.29, 0.717) is 0 Å². The lowest BCUT2D eigenvalue weighted by molar-refractivity contribution is 0.288. The van der Waals surface area contributed by atoms with Crippen molar-refractivity contribution in [3.63, 3.8) is 0 Å². The normalized spacial score (nSPS) is 14.5. The Kier molecular flexibility index (Phi) is 10.0. The van der Waals surface area contributed by atoms with Gasteiger partial charge in [0.2, 0.25) is 0 Å². The van der Waals surface area contributed by atoms with Crippen LogP contribution in [0.25, 0.3) is 0 Å². The molecular weight excluding hydrogens is 312 g/mol. The molecule has 0 spiro atoms. The van der Waals surface area contributed by atoms with E-state index >= 15 is 0 Å². The molecule has 0 aliphatic carbocycles. The molecule has 0 unspecified atom stereocenters. The van der Waals surface area contributed by atoms with Crippen LogP contribution in [0.3, 0.4) is 0 Å². The van der Waals surface area contributed by atoms with Gasteiger partial charge >= 0.3 is 11.4 Å². The molecule has 0 N–H and O–H groups in total. The van der Waals surface area contributed by atoms with E-state index in [2.05, 4.69) is 31.9 Å². The first-order valence-corrected chi connectivity index (χ1v) is 5.83. The highest BCUT2D eigenvalue weighted by molar-refractivity contribution is 9.11. The number of hydrogen-bond donors (Lipinski definition) is 0. The van der Waals surface area contributed by atoms with Crippen LogP contribution in [0.1, 0.15) is 0 Å². The van der Waals surface area contributed by atoms with Gasteiger partial charge in [0.1, 0.15) is 0 Å². The van der Waals surface area contributed by atoms with Crippen LogP contribution in [-0.2, 0) is 19.7 Å². The molecule has 0 fully saturated rings. The Hall–Kier alpha value is 0.510. The van der Waals surface area contributed by atoms with E-state index in [-0.39, 0.29) is 13.2 Å². The van der Waals surface area contributed by atoms with Crippen LogP contribution < -0.4 is 0 Å². The molecule has 0 aromatic rings. The topological polar surface area (TPSA) is 35.5 Å². The molecule has 0 rings (SSSR count). The second kappa shape index (κ2) is 9.60. The summed E-state index contributed by atoms with van der Waals surface area (Å²) in [5.74, 6) is 0.